The van der Waals surface area contributed by atoms with Crippen molar-refractivity contribution < 1.29 is 15.3 Å². The van der Waals surface area contributed by atoms with E-state index in [0.717, 1.165) is 38.3 Å². The lowest BCUT2D eigenvalue weighted by atomic mass is 10.0. The highest BCUT2D eigenvalue weighted by Gasteiger charge is 2.14. The maximum Gasteiger partial charge on any atom is 0.123 e. The number of aromatic amines is 1. The van der Waals surface area contributed by atoms with Crippen LogP contribution in [0.25, 0.3) is 32.6 Å². The number of hydrogen-bond donors (Lipinski definition) is 5. The monoisotopic (exact) mass is 426 g/mol. The van der Waals surface area contributed by atoms with Crippen LogP contribution in [0.15, 0.2) is 78.9 Å². The van der Waals surface area contributed by atoms with Crippen molar-refractivity contribution in [1.29, 1.82) is 0 Å². The predicted molar refractivity (Wildman–Crippen MR) is 129 cm³/mol. The maximum absolute atomic E-state index is 10.6. The van der Waals surface area contributed by atoms with E-state index >= 15 is 0 Å². The van der Waals surface area contributed by atoms with Gasteiger partial charge in [0.05, 0.1) is 6.10 Å². The van der Waals surface area contributed by atoms with Gasteiger partial charge in [0.25, 0.3) is 0 Å². The Bertz CT molecular complexity index is 1390. The number of benzene rings is 4. The first kappa shape index (κ1) is 20.5. The van der Waals surface area contributed by atoms with Crippen molar-refractivity contribution in [1.82, 2.24) is 10.3 Å². The summed E-state index contributed by atoms with van der Waals surface area (Å²) in [5.74, 6) is 0.230. The fraction of sp³-hybridized carbons (Fsp3) is 0.185. The highest BCUT2D eigenvalue weighted by Crippen LogP contribution is 2.29. The first-order valence-corrected chi connectivity index (χ1v) is 10.9. The second-order valence-electron chi connectivity index (χ2n) is 8.29. The molecule has 0 radical (unpaired) electrons. The Kier molecular flexibility index (Phi) is 5.53. The Morgan fingerprint density at radius 3 is 2.25 bits per heavy atom. The number of aromatic hydroxyl groups is 1. The van der Waals surface area contributed by atoms with Crippen molar-refractivity contribution in [3.05, 3.63) is 90.0 Å². The quantitative estimate of drug-likeness (QED) is 0.252. The number of aromatic nitrogens is 1. The average Bonchev–Trinajstić information content (AvgIpc) is 3.20. The third-order valence-corrected chi connectivity index (χ3v) is 6.08. The summed E-state index contributed by atoms with van der Waals surface area (Å²) in [7, 11) is 0. The summed E-state index contributed by atoms with van der Waals surface area (Å²) >= 11 is 0. The molecule has 0 saturated carbocycles. The first-order chi connectivity index (χ1) is 15.6. The first-order valence-electron chi connectivity index (χ1n) is 10.9. The van der Waals surface area contributed by atoms with Gasteiger partial charge in [-0.15, -0.1) is 0 Å². The summed E-state index contributed by atoms with van der Waals surface area (Å²) in [6, 6.07) is 25.4. The number of para-hydroxylation sites is 2. The molecule has 1 heterocycles. The van der Waals surface area contributed by atoms with Gasteiger partial charge < -0.3 is 20.3 Å². The fourth-order valence-corrected chi connectivity index (χ4v) is 4.51. The molecule has 4 aromatic carbocycles. The van der Waals surface area contributed by atoms with Gasteiger partial charge in [0.2, 0.25) is 0 Å². The molecule has 0 aliphatic heterocycles. The van der Waals surface area contributed by atoms with Gasteiger partial charge >= 0.3 is 0 Å². The van der Waals surface area contributed by atoms with Crippen molar-refractivity contribution in [2.75, 3.05) is 6.54 Å². The van der Waals surface area contributed by atoms with E-state index in [1.807, 2.05) is 54.6 Å². The van der Waals surface area contributed by atoms with Crippen LogP contribution in [0.5, 0.6) is 5.75 Å². The molecule has 0 fully saturated rings. The second kappa shape index (κ2) is 8.63. The zero-order valence-electron chi connectivity index (χ0n) is 17.6. The Labute approximate surface area is 185 Å². The van der Waals surface area contributed by atoms with Gasteiger partial charge in [-0.1, -0.05) is 66.7 Å². The van der Waals surface area contributed by atoms with Gasteiger partial charge in [-0.2, -0.15) is 0 Å². The molecule has 5 N–H and O–H groups in total. The summed E-state index contributed by atoms with van der Waals surface area (Å²) < 4.78 is 0. The van der Waals surface area contributed by atoms with E-state index in [1.165, 1.54) is 5.39 Å². The molecular formula is C27H26N2O3. The number of H-pyrrole nitrogens is 1. The van der Waals surface area contributed by atoms with Crippen LogP contribution in [-0.2, 0) is 12.8 Å². The van der Waals surface area contributed by atoms with Gasteiger partial charge in [-0.3, -0.25) is 5.32 Å². The highest BCUT2D eigenvalue weighted by atomic mass is 16.3. The highest BCUT2D eigenvalue weighted by molar-refractivity contribution is 6.08. The molecule has 1 aromatic heterocycles. The Hall–Kier alpha value is -3.38. The Balaban J connectivity index is 1.26. The van der Waals surface area contributed by atoms with Crippen molar-refractivity contribution in [3.63, 3.8) is 0 Å². The number of phenolic OH excluding ortho intramolecular Hbond substituents is 1. The van der Waals surface area contributed by atoms with Gasteiger partial charge in [-0.05, 0) is 28.6 Å². The van der Waals surface area contributed by atoms with E-state index in [1.54, 1.807) is 6.07 Å². The summed E-state index contributed by atoms with van der Waals surface area (Å²) in [6.45, 7) is 0.272. The van der Waals surface area contributed by atoms with Crippen LogP contribution in [-0.4, -0.2) is 39.2 Å². The largest absolute Gasteiger partial charge is 0.507 e. The van der Waals surface area contributed by atoms with Crippen LogP contribution in [0.1, 0.15) is 11.1 Å². The molecule has 0 bridgehead atoms. The van der Waals surface area contributed by atoms with E-state index in [0.29, 0.717) is 12.8 Å². The molecule has 5 rings (SSSR count). The van der Waals surface area contributed by atoms with Crippen molar-refractivity contribution in [2.45, 2.75) is 25.2 Å². The summed E-state index contributed by atoms with van der Waals surface area (Å²) in [6.07, 6.45) is -0.586. The molecule has 0 saturated heterocycles. The lowest BCUT2D eigenvalue weighted by molar-refractivity contribution is 0.102. The van der Waals surface area contributed by atoms with Crippen molar-refractivity contribution >= 4 is 32.6 Å². The fourth-order valence-electron chi connectivity index (χ4n) is 4.51. The third kappa shape index (κ3) is 3.94. The summed E-state index contributed by atoms with van der Waals surface area (Å²) in [5.41, 5.74) is 4.12. The molecule has 5 aromatic rings. The van der Waals surface area contributed by atoms with Crippen molar-refractivity contribution in [3.8, 4) is 5.75 Å². The van der Waals surface area contributed by atoms with Crippen LogP contribution in [0.2, 0.25) is 0 Å². The molecule has 0 aliphatic rings. The zero-order chi connectivity index (χ0) is 22.1. The molecule has 0 aliphatic carbocycles. The van der Waals surface area contributed by atoms with Gasteiger partial charge in [0.15, 0.2) is 0 Å². The number of fused-ring (bicyclic) bond motifs is 4. The van der Waals surface area contributed by atoms with E-state index in [9.17, 15) is 15.3 Å². The van der Waals surface area contributed by atoms with Gasteiger partial charge in [0.1, 0.15) is 12.0 Å². The van der Waals surface area contributed by atoms with Crippen LogP contribution in [0.4, 0.5) is 0 Å². The smallest absolute Gasteiger partial charge is 0.123 e. The van der Waals surface area contributed by atoms with E-state index < -0.39 is 12.3 Å². The lowest BCUT2D eigenvalue weighted by Gasteiger charge is -2.18. The number of aliphatic hydroxyl groups is 2. The number of phenols is 1. The maximum atomic E-state index is 10.6. The van der Waals surface area contributed by atoms with Gasteiger partial charge in [0, 0.05) is 46.6 Å². The average molecular weight is 427 g/mol. The molecule has 5 heteroatoms. The SMILES string of the molecule is Oc1ccc(CC(O)NCC(O)Cc2cccc3c2[nH]c2ccccc23)c2ccccc12. The Morgan fingerprint density at radius 1 is 0.688 bits per heavy atom. The predicted octanol–water partition coefficient (Wildman–Crippen LogP) is 4.23. The molecule has 0 spiro atoms. The number of nitrogens with one attached hydrogen (secondary N) is 2. The van der Waals surface area contributed by atoms with E-state index in [4.69, 9.17) is 0 Å². The third-order valence-electron chi connectivity index (χ3n) is 6.08. The molecule has 2 unspecified atom stereocenters. The normalized spacial score (nSPS) is 13.7. The number of hydrogen-bond acceptors (Lipinski definition) is 4. The van der Waals surface area contributed by atoms with Crippen LogP contribution in [0, 0.1) is 0 Å². The molecule has 0 amide bonds. The zero-order valence-corrected chi connectivity index (χ0v) is 17.6. The summed E-state index contributed by atoms with van der Waals surface area (Å²) in [4.78, 5) is 3.47. The molecular weight excluding hydrogens is 400 g/mol. The number of aliphatic hydroxyl groups excluding tert-OH is 2. The number of rotatable bonds is 7. The standard InChI is InChI=1S/C27H26N2O3/c30-19(14-18-6-5-10-23-21-8-3-4-11-24(21)29-27(18)23)16-28-26(32)15-17-12-13-25(31)22-9-2-1-7-20(17)22/h1-13,19,26,28-32H,14-16H2. The molecule has 162 valence electrons. The van der Waals surface area contributed by atoms with Crippen LogP contribution in [0.3, 0.4) is 0 Å². The van der Waals surface area contributed by atoms with Gasteiger partial charge in [-0.25, -0.2) is 0 Å². The summed E-state index contributed by atoms with van der Waals surface area (Å²) in [5, 5.41) is 38.3. The van der Waals surface area contributed by atoms with Crippen LogP contribution >= 0.6 is 0 Å². The minimum absolute atomic E-state index is 0.230. The van der Waals surface area contributed by atoms with Crippen molar-refractivity contribution in [2.24, 2.45) is 0 Å². The lowest BCUT2D eigenvalue weighted by Crippen LogP contribution is -2.37. The molecule has 2 atom stereocenters. The molecule has 5 nitrogen and oxygen atoms in total. The minimum Gasteiger partial charge on any atom is -0.507 e. The van der Waals surface area contributed by atoms with E-state index in [-0.39, 0.29) is 12.3 Å². The van der Waals surface area contributed by atoms with Crippen LogP contribution < -0.4 is 5.32 Å². The second-order valence-corrected chi connectivity index (χ2v) is 8.29. The molecule has 32 heavy (non-hydrogen) atoms. The Morgan fingerprint density at radius 2 is 1.41 bits per heavy atom. The topological polar surface area (TPSA) is 88.5 Å². The minimum atomic E-state index is -0.804. The van der Waals surface area contributed by atoms with E-state index in [2.05, 4.69) is 28.5 Å².